The van der Waals surface area contributed by atoms with Crippen molar-refractivity contribution in [3.8, 4) is 11.1 Å². The minimum atomic E-state index is -0.152. The Morgan fingerprint density at radius 1 is 1.23 bits per heavy atom. The van der Waals surface area contributed by atoms with E-state index >= 15 is 0 Å². The lowest BCUT2D eigenvalue weighted by molar-refractivity contribution is 0.631. The van der Waals surface area contributed by atoms with Gasteiger partial charge >= 0.3 is 0 Å². The fourth-order valence-electron chi connectivity index (χ4n) is 1.28. The molecule has 13 heavy (non-hydrogen) atoms. The maximum absolute atomic E-state index is 13.3. The molecule has 0 bridgehead atoms. The Hall–Kier alpha value is -1.15. The van der Waals surface area contributed by atoms with Gasteiger partial charge in [-0.25, -0.2) is 4.39 Å². The summed E-state index contributed by atoms with van der Waals surface area (Å²) in [5.41, 5.74) is 1.66. The van der Waals surface area contributed by atoms with Crippen LogP contribution in [0.15, 0.2) is 35.7 Å². The highest BCUT2D eigenvalue weighted by atomic mass is 32.1. The second-order valence-corrected chi connectivity index (χ2v) is 4.04. The Balaban J connectivity index is 2.52. The van der Waals surface area contributed by atoms with Gasteiger partial charge in [-0.05, 0) is 30.0 Å². The Morgan fingerprint density at radius 2 is 2.00 bits per heavy atom. The third-order valence-electron chi connectivity index (χ3n) is 1.92. The van der Waals surface area contributed by atoms with Crippen LogP contribution in [0.2, 0.25) is 0 Å². The van der Waals surface area contributed by atoms with Crippen LogP contribution in [0.1, 0.15) is 4.88 Å². The number of hydrogen-bond donors (Lipinski definition) is 0. The third-order valence-corrected chi connectivity index (χ3v) is 2.78. The van der Waals surface area contributed by atoms with Gasteiger partial charge in [-0.3, -0.25) is 0 Å². The van der Waals surface area contributed by atoms with Crippen LogP contribution in [0.3, 0.4) is 0 Å². The monoisotopic (exact) mass is 192 g/mol. The fraction of sp³-hybridized carbons (Fsp3) is 0.0909. The molecule has 2 rings (SSSR count). The highest BCUT2D eigenvalue weighted by Crippen LogP contribution is 2.26. The number of benzene rings is 1. The second kappa shape index (κ2) is 3.30. The first kappa shape index (κ1) is 8.45. The molecule has 0 nitrogen and oxygen atoms in total. The van der Waals surface area contributed by atoms with Gasteiger partial charge in [0, 0.05) is 10.4 Å². The predicted molar refractivity (Wildman–Crippen MR) is 54.5 cm³/mol. The van der Waals surface area contributed by atoms with Crippen molar-refractivity contribution in [2.45, 2.75) is 6.92 Å². The predicted octanol–water partition coefficient (Wildman–Crippen LogP) is 3.86. The lowest BCUT2D eigenvalue weighted by Crippen LogP contribution is -1.79. The van der Waals surface area contributed by atoms with Crippen LogP contribution in [0.25, 0.3) is 11.1 Å². The first-order valence-electron chi connectivity index (χ1n) is 4.07. The van der Waals surface area contributed by atoms with E-state index in [4.69, 9.17) is 0 Å². The Morgan fingerprint density at radius 3 is 2.62 bits per heavy atom. The van der Waals surface area contributed by atoms with Crippen molar-refractivity contribution in [3.63, 3.8) is 0 Å². The fourth-order valence-corrected chi connectivity index (χ4v) is 1.98. The van der Waals surface area contributed by atoms with E-state index < -0.39 is 0 Å². The smallest absolute Gasteiger partial charge is 0.131 e. The minimum absolute atomic E-state index is 0.152. The quantitative estimate of drug-likeness (QED) is 0.643. The molecule has 0 N–H and O–H groups in total. The van der Waals surface area contributed by atoms with Crippen molar-refractivity contribution < 1.29 is 4.39 Å². The molecule has 0 aliphatic carbocycles. The molecule has 0 aliphatic heterocycles. The number of thiophene rings is 1. The molecule has 0 unspecified atom stereocenters. The molecule has 0 aliphatic rings. The molecular weight excluding hydrogens is 183 g/mol. The molecule has 1 aromatic heterocycles. The lowest BCUT2D eigenvalue weighted by Gasteiger charge is -1.97. The number of halogens is 1. The molecule has 2 heteroatoms. The zero-order valence-electron chi connectivity index (χ0n) is 7.25. The zero-order valence-corrected chi connectivity index (χ0v) is 8.07. The zero-order chi connectivity index (χ0) is 9.26. The lowest BCUT2D eigenvalue weighted by atomic mass is 10.1. The maximum atomic E-state index is 13.3. The van der Waals surface area contributed by atoms with Gasteiger partial charge in [0.05, 0.1) is 0 Å². The van der Waals surface area contributed by atoms with Gasteiger partial charge in [0.2, 0.25) is 0 Å². The Kier molecular flexibility index (Phi) is 2.15. The van der Waals surface area contributed by atoms with E-state index in [0.29, 0.717) is 5.56 Å². The van der Waals surface area contributed by atoms with Crippen LogP contribution >= 0.6 is 11.3 Å². The van der Waals surface area contributed by atoms with Crippen molar-refractivity contribution in [2.24, 2.45) is 0 Å². The summed E-state index contributed by atoms with van der Waals surface area (Å²) in [6.45, 7) is 2.02. The number of hydrogen-bond acceptors (Lipinski definition) is 1. The van der Waals surface area contributed by atoms with Crippen LogP contribution in [0.5, 0.6) is 0 Å². The second-order valence-electron chi connectivity index (χ2n) is 2.93. The van der Waals surface area contributed by atoms with Gasteiger partial charge in [-0.2, -0.15) is 0 Å². The summed E-state index contributed by atoms with van der Waals surface area (Å²) in [5, 5.41) is 1.98. The largest absolute Gasteiger partial charge is 0.206 e. The normalized spacial score (nSPS) is 10.3. The molecule has 0 saturated heterocycles. The van der Waals surface area contributed by atoms with E-state index in [1.54, 1.807) is 23.5 Å². The molecule has 1 heterocycles. The van der Waals surface area contributed by atoms with Gasteiger partial charge in [-0.15, -0.1) is 11.3 Å². The van der Waals surface area contributed by atoms with E-state index in [2.05, 4.69) is 0 Å². The molecular formula is C11H9FS. The van der Waals surface area contributed by atoms with E-state index in [1.807, 2.05) is 24.4 Å². The van der Waals surface area contributed by atoms with Crippen molar-refractivity contribution >= 4 is 11.3 Å². The Labute approximate surface area is 80.7 Å². The minimum Gasteiger partial charge on any atom is -0.206 e. The van der Waals surface area contributed by atoms with Gasteiger partial charge in [0.1, 0.15) is 5.82 Å². The van der Waals surface area contributed by atoms with E-state index in [9.17, 15) is 4.39 Å². The molecule has 0 amide bonds. The third kappa shape index (κ3) is 1.63. The SMILES string of the molecule is Cc1cc(-c2ccccc2F)cs1. The van der Waals surface area contributed by atoms with Crippen LogP contribution < -0.4 is 0 Å². The molecule has 0 atom stereocenters. The van der Waals surface area contributed by atoms with Gasteiger partial charge < -0.3 is 0 Å². The summed E-state index contributed by atoms with van der Waals surface area (Å²) in [7, 11) is 0. The molecule has 0 spiro atoms. The average Bonchev–Trinajstić information content (AvgIpc) is 2.53. The highest BCUT2D eigenvalue weighted by molar-refractivity contribution is 7.10. The van der Waals surface area contributed by atoms with E-state index in [1.165, 1.54) is 10.9 Å². The molecule has 1 aromatic carbocycles. The molecule has 2 aromatic rings. The first-order chi connectivity index (χ1) is 6.27. The molecule has 0 saturated carbocycles. The van der Waals surface area contributed by atoms with Gasteiger partial charge in [-0.1, -0.05) is 18.2 Å². The standard InChI is InChI=1S/C11H9FS/c1-8-6-9(7-13-8)10-4-2-3-5-11(10)12/h2-7H,1H3. The number of aryl methyl sites for hydroxylation is 1. The number of rotatable bonds is 1. The Bertz CT molecular complexity index is 418. The molecule has 0 fully saturated rings. The molecule has 0 radical (unpaired) electrons. The molecule has 66 valence electrons. The summed E-state index contributed by atoms with van der Waals surface area (Å²) in [5.74, 6) is -0.152. The van der Waals surface area contributed by atoms with Crippen LogP contribution in [-0.4, -0.2) is 0 Å². The summed E-state index contributed by atoms with van der Waals surface area (Å²) >= 11 is 1.64. The van der Waals surface area contributed by atoms with Crippen molar-refractivity contribution in [3.05, 3.63) is 46.4 Å². The van der Waals surface area contributed by atoms with Crippen LogP contribution in [0, 0.1) is 12.7 Å². The van der Waals surface area contributed by atoms with Gasteiger partial charge in [0.25, 0.3) is 0 Å². The maximum Gasteiger partial charge on any atom is 0.131 e. The van der Waals surface area contributed by atoms with E-state index in [-0.39, 0.29) is 5.82 Å². The first-order valence-corrected chi connectivity index (χ1v) is 4.95. The van der Waals surface area contributed by atoms with Crippen LogP contribution in [0.4, 0.5) is 4.39 Å². The summed E-state index contributed by atoms with van der Waals surface area (Å²) in [6.07, 6.45) is 0. The summed E-state index contributed by atoms with van der Waals surface area (Å²) in [6, 6.07) is 8.85. The van der Waals surface area contributed by atoms with Crippen LogP contribution in [-0.2, 0) is 0 Å². The topological polar surface area (TPSA) is 0 Å². The summed E-state index contributed by atoms with van der Waals surface area (Å²) < 4.78 is 13.3. The van der Waals surface area contributed by atoms with Crippen molar-refractivity contribution in [1.29, 1.82) is 0 Å². The van der Waals surface area contributed by atoms with E-state index in [0.717, 1.165) is 5.56 Å². The van der Waals surface area contributed by atoms with Crippen molar-refractivity contribution in [2.75, 3.05) is 0 Å². The average molecular weight is 192 g/mol. The highest BCUT2D eigenvalue weighted by Gasteiger charge is 2.04. The summed E-state index contributed by atoms with van der Waals surface area (Å²) in [4.78, 5) is 1.21. The van der Waals surface area contributed by atoms with Crippen molar-refractivity contribution in [1.82, 2.24) is 0 Å². The van der Waals surface area contributed by atoms with Gasteiger partial charge in [0.15, 0.2) is 0 Å².